The minimum Gasteiger partial charge on any atom is -0.484 e. The summed E-state index contributed by atoms with van der Waals surface area (Å²) in [6, 6.07) is 13.0. The zero-order valence-corrected chi connectivity index (χ0v) is 22.5. The lowest BCUT2D eigenvalue weighted by molar-refractivity contribution is -0.121. The Kier molecular flexibility index (Phi) is 8.19. The van der Waals surface area contributed by atoms with Gasteiger partial charge in [-0.25, -0.2) is 8.42 Å². The molecule has 206 valence electrons. The number of anilines is 2. The van der Waals surface area contributed by atoms with Gasteiger partial charge in [0.25, 0.3) is 11.8 Å². The van der Waals surface area contributed by atoms with Crippen LogP contribution in [-0.4, -0.2) is 55.3 Å². The summed E-state index contributed by atoms with van der Waals surface area (Å²) in [5, 5.41) is 6.79. The molecule has 0 unspecified atom stereocenters. The fraction of sp³-hybridized carbons (Fsp3) is 0.308. The zero-order chi connectivity index (χ0) is 28.2. The smallest absolute Gasteiger partial charge is 0.271 e. The van der Waals surface area contributed by atoms with Gasteiger partial charge in [-0.3, -0.25) is 23.8 Å². The van der Waals surface area contributed by atoms with Gasteiger partial charge in [-0.1, -0.05) is 0 Å². The van der Waals surface area contributed by atoms with E-state index in [1.165, 1.54) is 29.8 Å². The number of nitrogens with one attached hydrogen (secondary N) is 2. The maximum Gasteiger partial charge on any atom is 0.271 e. The second-order valence-electron chi connectivity index (χ2n) is 9.28. The number of ether oxygens (including phenoxy) is 2. The van der Waals surface area contributed by atoms with E-state index in [2.05, 4.69) is 10.4 Å². The van der Waals surface area contributed by atoms with Gasteiger partial charge in [-0.05, 0) is 55.2 Å². The molecule has 39 heavy (non-hydrogen) atoms. The number of carbonyl (C=O) groups excluding carboxylic acids is 3. The summed E-state index contributed by atoms with van der Waals surface area (Å²) in [5.41, 5.74) is 0.909. The minimum atomic E-state index is -3.75. The van der Waals surface area contributed by atoms with Gasteiger partial charge in [0.15, 0.2) is 12.4 Å². The molecule has 0 aliphatic heterocycles. The van der Waals surface area contributed by atoms with Crippen LogP contribution in [0.4, 0.5) is 11.5 Å². The van der Waals surface area contributed by atoms with E-state index in [9.17, 15) is 22.8 Å². The van der Waals surface area contributed by atoms with Crippen molar-refractivity contribution in [1.82, 2.24) is 14.5 Å². The van der Waals surface area contributed by atoms with Crippen molar-refractivity contribution in [1.29, 1.82) is 0 Å². The number of hydrogen-bond acceptors (Lipinski definition) is 8. The third kappa shape index (κ3) is 8.30. The van der Waals surface area contributed by atoms with Crippen LogP contribution in [0.25, 0.3) is 0 Å². The van der Waals surface area contributed by atoms with Crippen LogP contribution < -0.4 is 24.4 Å². The maximum atomic E-state index is 12.9. The number of hydrogen-bond donors (Lipinski definition) is 2. The van der Waals surface area contributed by atoms with Crippen molar-refractivity contribution in [2.45, 2.75) is 19.8 Å². The van der Waals surface area contributed by atoms with Gasteiger partial charge in [0, 0.05) is 50.1 Å². The molecule has 1 aliphatic carbocycles. The van der Waals surface area contributed by atoms with Gasteiger partial charge in [0.1, 0.15) is 17.2 Å². The molecule has 1 heterocycles. The number of benzene rings is 2. The first-order chi connectivity index (χ1) is 18.4. The van der Waals surface area contributed by atoms with Crippen LogP contribution in [0.3, 0.4) is 0 Å². The first-order valence-electron chi connectivity index (χ1n) is 12.1. The Balaban J connectivity index is 1.53. The summed E-state index contributed by atoms with van der Waals surface area (Å²) in [6.45, 7) is 1.61. The Morgan fingerprint density at radius 3 is 2.33 bits per heavy atom. The number of nitrogens with zero attached hydrogens (tertiary/aromatic N) is 3. The third-order valence-electron chi connectivity index (χ3n) is 5.67. The van der Waals surface area contributed by atoms with Gasteiger partial charge < -0.3 is 19.7 Å². The fourth-order valence-corrected chi connectivity index (χ4v) is 4.18. The summed E-state index contributed by atoms with van der Waals surface area (Å²) in [6.07, 6.45) is 4.77. The van der Waals surface area contributed by atoms with Gasteiger partial charge >= 0.3 is 0 Å². The lowest BCUT2D eigenvalue weighted by Crippen LogP contribution is -2.33. The van der Waals surface area contributed by atoms with E-state index >= 15 is 0 Å². The molecule has 0 saturated heterocycles. The summed E-state index contributed by atoms with van der Waals surface area (Å²) in [4.78, 5) is 38.7. The summed E-state index contributed by atoms with van der Waals surface area (Å²) >= 11 is 0. The summed E-state index contributed by atoms with van der Waals surface area (Å²) in [7, 11) is -2.04. The highest BCUT2D eigenvalue weighted by molar-refractivity contribution is 7.89. The Bertz CT molecular complexity index is 1480. The van der Waals surface area contributed by atoms with Crippen molar-refractivity contribution in [3.63, 3.8) is 0 Å². The van der Waals surface area contributed by atoms with E-state index in [0.29, 0.717) is 24.0 Å². The largest absolute Gasteiger partial charge is 0.484 e. The number of sulfonamides is 1. The van der Waals surface area contributed by atoms with E-state index in [1.54, 1.807) is 48.5 Å². The number of carbonyl (C=O) groups is 3. The van der Waals surface area contributed by atoms with Crippen molar-refractivity contribution in [3.8, 4) is 17.2 Å². The second-order valence-corrected chi connectivity index (χ2v) is 11.0. The Labute approximate surface area is 225 Å². The number of aryl methyl sites for hydroxylation is 1. The van der Waals surface area contributed by atoms with E-state index < -0.39 is 28.4 Å². The second kappa shape index (κ2) is 11.6. The van der Waals surface area contributed by atoms with Crippen molar-refractivity contribution in [3.05, 3.63) is 60.3 Å². The number of amides is 3. The quantitative estimate of drug-likeness (QED) is 0.367. The van der Waals surface area contributed by atoms with E-state index in [4.69, 9.17) is 9.47 Å². The normalized spacial score (nSPS) is 12.9. The molecule has 1 fully saturated rings. The topological polar surface area (TPSA) is 149 Å². The standard InChI is InChI=1S/C26H29N5O7S/c1-17(32)31(15-18-4-5-18)20-6-8-21(9-7-20)38-23-13-19(26(34)27-24-10-11-30(2)28-24)12-22(14-23)37-16-25(33)29-39(3,35)36/h6-14,18H,4-5,15-16H2,1-3H3,(H,29,33)(H,27,28,34). The average Bonchev–Trinajstić information content (AvgIpc) is 3.59. The Hall–Kier alpha value is -4.39. The highest BCUT2D eigenvalue weighted by Crippen LogP contribution is 2.33. The van der Waals surface area contributed by atoms with Crippen LogP contribution in [0.2, 0.25) is 0 Å². The minimum absolute atomic E-state index is 0.0381. The maximum absolute atomic E-state index is 12.9. The van der Waals surface area contributed by atoms with Crippen LogP contribution in [0.1, 0.15) is 30.1 Å². The lowest BCUT2D eigenvalue weighted by atomic mass is 10.2. The lowest BCUT2D eigenvalue weighted by Gasteiger charge is -2.21. The van der Waals surface area contributed by atoms with Gasteiger partial charge in [0.2, 0.25) is 15.9 Å². The monoisotopic (exact) mass is 555 g/mol. The van der Waals surface area contributed by atoms with Crippen molar-refractivity contribution >= 4 is 39.3 Å². The molecule has 1 aliphatic rings. The zero-order valence-electron chi connectivity index (χ0n) is 21.7. The highest BCUT2D eigenvalue weighted by atomic mass is 32.2. The van der Waals surface area contributed by atoms with Crippen LogP contribution >= 0.6 is 0 Å². The summed E-state index contributed by atoms with van der Waals surface area (Å²) < 4.78 is 37.4. The SMILES string of the molecule is CC(=O)N(CC1CC1)c1ccc(Oc2cc(OCC(=O)NS(C)(=O)=O)cc(C(=O)Nc3ccn(C)n3)c2)cc1. The van der Waals surface area contributed by atoms with E-state index in [-0.39, 0.29) is 23.0 Å². The predicted octanol–water partition coefficient (Wildman–Crippen LogP) is 2.68. The molecule has 3 aromatic rings. The molecule has 4 rings (SSSR count). The van der Waals surface area contributed by atoms with Crippen molar-refractivity contribution in [2.75, 3.05) is 29.6 Å². The Morgan fingerprint density at radius 2 is 1.74 bits per heavy atom. The first-order valence-corrected chi connectivity index (χ1v) is 14.0. The summed E-state index contributed by atoms with van der Waals surface area (Å²) in [5.74, 6) is 0.226. The van der Waals surface area contributed by atoms with Gasteiger partial charge in [-0.2, -0.15) is 5.10 Å². The molecule has 2 aromatic carbocycles. The first kappa shape index (κ1) is 27.6. The molecule has 1 saturated carbocycles. The van der Waals surface area contributed by atoms with Crippen LogP contribution in [-0.2, 0) is 26.7 Å². The van der Waals surface area contributed by atoms with E-state index in [0.717, 1.165) is 24.8 Å². The van der Waals surface area contributed by atoms with Gasteiger partial charge in [0.05, 0.1) is 6.26 Å². The molecule has 0 spiro atoms. The number of rotatable bonds is 11. The van der Waals surface area contributed by atoms with Crippen LogP contribution in [0, 0.1) is 5.92 Å². The van der Waals surface area contributed by atoms with Crippen molar-refractivity contribution < 1.29 is 32.3 Å². The molecule has 13 heteroatoms. The molecule has 2 N–H and O–H groups in total. The molecular weight excluding hydrogens is 526 g/mol. The molecule has 3 amide bonds. The predicted molar refractivity (Wildman–Crippen MR) is 143 cm³/mol. The van der Waals surface area contributed by atoms with Gasteiger partial charge in [-0.15, -0.1) is 0 Å². The van der Waals surface area contributed by atoms with Crippen molar-refractivity contribution in [2.24, 2.45) is 13.0 Å². The molecule has 0 atom stereocenters. The fourth-order valence-electron chi connectivity index (χ4n) is 3.71. The molecule has 0 bridgehead atoms. The molecular formula is C26H29N5O7S. The van der Waals surface area contributed by atoms with Crippen LogP contribution in [0.15, 0.2) is 54.7 Å². The van der Waals surface area contributed by atoms with E-state index in [1.807, 2.05) is 4.72 Å². The molecule has 12 nitrogen and oxygen atoms in total. The third-order valence-corrected chi connectivity index (χ3v) is 6.27. The van der Waals surface area contributed by atoms with Crippen LogP contribution in [0.5, 0.6) is 17.2 Å². The molecule has 1 aromatic heterocycles. The highest BCUT2D eigenvalue weighted by Gasteiger charge is 2.26. The Morgan fingerprint density at radius 1 is 1.05 bits per heavy atom. The number of aromatic nitrogens is 2. The average molecular weight is 556 g/mol. The molecule has 0 radical (unpaired) electrons.